The number of ether oxygens (including phenoxy) is 2. The van der Waals surface area contributed by atoms with Gasteiger partial charge in [0.2, 0.25) is 5.91 Å². The number of hydrogen-bond donors (Lipinski definition) is 1. The lowest BCUT2D eigenvalue weighted by molar-refractivity contribution is -0.121. The van der Waals surface area contributed by atoms with Crippen LogP contribution < -0.4 is 14.8 Å². The van der Waals surface area contributed by atoms with E-state index in [2.05, 4.69) is 5.32 Å². The van der Waals surface area contributed by atoms with Gasteiger partial charge < -0.3 is 19.7 Å². The number of rotatable bonds is 3. The third-order valence-corrected chi connectivity index (χ3v) is 6.34. The second kappa shape index (κ2) is 7.87. The Morgan fingerprint density at radius 1 is 1.00 bits per heavy atom. The molecule has 1 spiro atoms. The Labute approximate surface area is 180 Å². The molecule has 1 aliphatic carbocycles. The van der Waals surface area contributed by atoms with E-state index in [1.54, 1.807) is 4.90 Å². The van der Waals surface area contributed by atoms with Crippen LogP contribution in [0.2, 0.25) is 0 Å². The van der Waals surface area contributed by atoms with E-state index < -0.39 is 5.79 Å². The number of amides is 2. The van der Waals surface area contributed by atoms with Crippen LogP contribution in [-0.2, 0) is 4.79 Å². The summed E-state index contributed by atoms with van der Waals surface area (Å²) in [6.07, 6.45) is 5.40. The van der Waals surface area contributed by atoms with Crippen molar-refractivity contribution in [2.75, 3.05) is 18.4 Å². The fraction of sp³-hybridized carbons (Fsp3) is 0.417. The highest BCUT2D eigenvalue weighted by atomic mass is 19.1. The van der Waals surface area contributed by atoms with Crippen LogP contribution in [0.4, 0.5) is 10.1 Å². The van der Waals surface area contributed by atoms with Gasteiger partial charge in [-0.1, -0.05) is 0 Å². The van der Waals surface area contributed by atoms with E-state index in [0.29, 0.717) is 42.3 Å². The standard InChI is InChI=1S/C24H25FN2O4/c25-18-7-5-16(6-8-18)23(29)27-13-3-4-17(15-27)22(28)26-19-9-10-20-21(14-19)31-24(30-20)11-1-2-12-24/h5-10,14,17H,1-4,11-13,15H2,(H,26,28). The molecule has 0 aromatic heterocycles. The number of halogens is 1. The Balaban J connectivity index is 1.23. The third-order valence-electron chi connectivity index (χ3n) is 6.34. The van der Waals surface area contributed by atoms with Crippen molar-refractivity contribution >= 4 is 17.5 Å². The van der Waals surface area contributed by atoms with E-state index in [1.165, 1.54) is 24.3 Å². The van der Waals surface area contributed by atoms with Crippen molar-refractivity contribution in [3.05, 3.63) is 53.8 Å². The summed E-state index contributed by atoms with van der Waals surface area (Å²) in [5, 5.41) is 2.97. The normalized spacial score (nSPS) is 21.3. The lowest BCUT2D eigenvalue weighted by Gasteiger charge is -2.32. The molecule has 1 N–H and O–H groups in total. The molecule has 2 aliphatic heterocycles. The van der Waals surface area contributed by atoms with E-state index in [1.807, 2.05) is 18.2 Å². The summed E-state index contributed by atoms with van der Waals surface area (Å²) in [6, 6.07) is 11.0. The van der Waals surface area contributed by atoms with Gasteiger partial charge in [-0.3, -0.25) is 9.59 Å². The minimum atomic E-state index is -0.532. The second-order valence-electron chi connectivity index (χ2n) is 8.57. The molecule has 0 radical (unpaired) electrons. The lowest BCUT2D eigenvalue weighted by atomic mass is 9.96. The Morgan fingerprint density at radius 3 is 2.52 bits per heavy atom. The van der Waals surface area contributed by atoms with Crippen molar-refractivity contribution in [2.24, 2.45) is 5.92 Å². The molecule has 2 aromatic carbocycles. The van der Waals surface area contributed by atoms with E-state index in [0.717, 1.165) is 32.1 Å². The van der Waals surface area contributed by atoms with Gasteiger partial charge in [-0.15, -0.1) is 0 Å². The second-order valence-corrected chi connectivity index (χ2v) is 8.57. The summed E-state index contributed by atoms with van der Waals surface area (Å²) in [5.74, 6) is -0.131. The maximum atomic E-state index is 13.1. The summed E-state index contributed by atoms with van der Waals surface area (Å²) in [7, 11) is 0. The minimum absolute atomic E-state index is 0.119. The molecule has 2 heterocycles. The van der Waals surface area contributed by atoms with Gasteiger partial charge in [-0.2, -0.15) is 0 Å². The molecular formula is C24H25FN2O4. The van der Waals surface area contributed by atoms with Gasteiger partial charge >= 0.3 is 0 Å². The topological polar surface area (TPSA) is 67.9 Å². The van der Waals surface area contributed by atoms with Crippen LogP contribution >= 0.6 is 0 Å². The largest absolute Gasteiger partial charge is 0.448 e. The van der Waals surface area contributed by atoms with Crippen molar-refractivity contribution in [1.82, 2.24) is 4.90 Å². The fourth-order valence-corrected chi connectivity index (χ4v) is 4.68. The molecule has 3 aliphatic rings. The van der Waals surface area contributed by atoms with Crippen molar-refractivity contribution in [2.45, 2.75) is 44.3 Å². The van der Waals surface area contributed by atoms with Gasteiger partial charge in [-0.05, 0) is 62.1 Å². The van der Waals surface area contributed by atoms with Crippen molar-refractivity contribution in [3.63, 3.8) is 0 Å². The molecule has 1 unspecified atom stereocenters. The predicted molar refractivity (Wildman–Crippen MR) is 113 cm³/mol. The maximum Gasteiger partial charge on any atom is 0.253 e. The quantitative estimate of drug-likeness (QED) is 0.795. The summed E-state index contributed by atoms with van der Waals surface area (Å²) >= 11 is 0. The number of fused-ring (bicyclic) bond motifs is 1. The van der Waals surface area contributed by atoms with Crippen LogP contribution in [0.15, 0.2) is 42.5 Å². The number of nitrogens with zero attached hydrogens (tertiary/aromatic N) is 1. The first-order valence-electron chi connectivity index (χ1n) is 10.9. The average Bonchev–Trinajstić information content (AvgIpc) is 3.39. The monoisotopic (exact) mass is 424 g/mol. The van der Waals surface area contributed by atoms with Crippen LogP contribution in [0.5, 0.6) is 11.5 Å². The van der Waals surface area contributed by atoms with Crippen molar-refractivity contribution in [1.29, 1.82) is 0 Å². The molecule has 7 heteroatoms. The lowest BCUT2D eigenvalue weighted by Crippen LogP contribution is -2.43. The highest BCUT2D eigenvalue weighted by Crippen LogP contribution is 2.47. The van der Waals surface area contributed by atoms with Gasteiger partial charge in [0.05, 0.1) is 5.92 Å². The molecule has 1 atom stereocenters. The van der Waals surface area contributed by atoms with E-state index in [-0.39, 0.29) is 23.5 Å². The number of likely N-dealkylation sites (tertiary alicyclic amines) is 1. The van der Waals surface area contributed by atoms with Crippen LogP contribution in [0.3, 0.4) is 0 Å². The number of carbonyl (C=O) groups is 2. The minimum Gasteiger partial charge on any atom is -0.448 e. The smallest absolute Gasteiger partial charge is 0.253 e. The van der Waals surface area contributed by atoms with E-state index in [9.17, 15) is 14.0 Å². The predicted octanol–water partition coefficient (Wildman–Crippen LogP) is 4.36. The zero-order chi connectivity index (χ0) is 21.4. The molecule has 1 saturated heterocycles. The average molecular weight is 424 g/mol. The van der Waals surface area contributed by atoms with E-state index in [4.69, 9.17) is 9.47 Å². The number of benzene rings is 2. The van der Waals surface area contributed by atoms with Gasteiger partial charge in [0.1, 0.15) is 5.82 Å². The number of piperidine rings is 1. The van der Waals surface area contributed by atoms with Crippen LogP contribution in [0, 0.1) is 11.7 Å². The van der Waals surface area contributed by atoms with E-state index >= 15 is 0 Å². The van der Waals surface area contributed by atoms with Gasteiger partial charge in [0, 0.05) is 43.2 Å². The molecule has 162 valence electrons. The first-order valence-corrected chi connectivity index (χ1v) is 10.9. The molecule has 2 amide bonds. The highest BCUT2D eigenvalue weighted by molar-refractivity contribution is 5.96. The molecule has 6 nitrogen and oxygen atoms in total. The summed E-state index contributed by atoms with van der Waals surface area (Å²) in [5.41, 5.74) is 1.09. The Hall–Kier alpha value is -3.09. The van der Waals surface area contributed by atoms with Gasteiger partial charge in [0.25, 0.3) is 11.7 Å². The first kappa shape index (κ1) is 19.8. The summed E-state index contributed by atoms with van der Waals surface area (Å²) in [4.78, 5) is 27.3. The van der Waals surface area contributed by atoms with Crippen LogP contribution in [0.1, 0.15) is 48.9 Å². The molecule has 0 bridgehead atoms. The Kier molecular flexibility index (Phi) is 5.04. The molecule has 5 rings (SSSR count). The zero-order valence-corrected chi connectivity index (χ0v) is 17.2. The molecular weight excluding hydrogens is 399 g/mol. The fourth-order valence-electron chi connectivity index (χ4n) is 4.68. The van der Waals surface area contributed by atoms with Crippen molar-refractivity contribution < 1.29 is 23.5 Å². The van der Waals surface area contributed by atoms with Crippen LogP contribution in [-0.4, -0.2) is 35.6 Å². The number of carbonyl (C=O) groups excluding carboxylic acids is 2. The first-order chi connectivity index (χ1) is 15.0. The van der Waals surface area contributed by atoms with Crippen LogP contribution in [0.25, 0.3) is 0 Å². The molecule has 2 fully saturated rings. The highest BCUT2D eigenvalue weighted by Gasteiger charge is 2.44. The number of hydrogen-bond acceptors (Lipinski definition) is 4. The number of nitrogens with one attached hydrogen (secondary N) is 1. The van der Waals surface area contributed by atoms with Gasteiger partial charge in [0.15, 0.2) is 11.5 Å². The SMILES string of the molecule is O=C(Nc1ccc2c(c1)OC1(CCCC1)O2)C1CCCN(C(=O)c2ccc(F)cc2)C1. The van der Waals surface area contributed by atoms with Crippen molar-refractivity contribution in [3.8, 4) is 11.5 Å². The Morgan fingerprint density at radius 2 is 1.74 bits per heavy atom. The molecule has 2 aromatic rings. The summed E-state index contributed by atoms with van der Waals surface area (Å²) in [6.45, 7) is 0.932. The Bertz CT molecular complexity index is 1000. The maximum absolute atomic E-state index is 13.1. The third kappa shape index (κ3) is 3.96. The molecule has 1 saturated carbocycles. The van der Waals surface area contributed by atoms with Gasteiger partial charge in [-0.25, -0.2) is 4.39 Å². The number of anilines is 1. The summed E-state index contributed by atoms with van der Waals surface area (Å²) < 4.78 is 25.2. The molecule has 31 heavy (non-hydrogen) atoms. The zero-order valence-electron chi connectivity index (χ0n) is 17.2.